The van der Waals surface area contributed by atoms with Gasteiger partial charge in [0.15, 0.2) is 5.43 Å². The molecule has 1 aliphatic carbocycles. The lowest BCUT2D eigenvalue weighted by molar-refractivity contribution is 0.0787. The molecule has 1 aromatic rings. The quantitative estimate of drug-likeness (QED) is 0.797. The normalized spacial score (nSPS) is 15.0. The second-order valence-corrected chi connectivity index (χ2v) is 4.05. The van der Waals surface area contributed by atoms with Crippen molar-refractivity contribution in [3.05, 3.63) is 34.2 Å². The van der Waals surface area contributed by atoms with E-state index in [1.54, 1.807) is 11.9 Å². The van der Waals surface area contributed by atoms with Crippen LogP contribution in [0.2, 0.25) is 0 Å². The average Bonchev–Trinajstić information content (AvgIpc) is 3.01. The van der Waals surface area contributed by atoms with Gasteiger partial charge < -0.3 is 9.88 Å². The van der Waals surface area contributed by atoms with E-state index in [9.17, 15) is 9.59 Å². The monoisotopic (exact) mass is 206 g/mol. The number of pyridine rings is 1. The van der Waals surface area contributed by atoms with Gasteiger partial charge in [-0.05, 0) is 18.8 Å². The summed E-state index contributed by atoms with van der Waals surface area (Å²) in [4.78, 5) is 27.6. The van der Waals surface area contributed by atoms with Gasteiger partial charge in [0.05, 0.1) is 0 Å². The second-order valence-electron chi connectivity index (χ2n) is 4.05. The van der Waals surface area contributed by atoms with Gasteiger partial charge >= 0.3 is 0 Å². The minimum absolute atomic E-state index is 0.191. The van der Waals surface area contributed by atoms with Gasteiger partial charge in [0.2, 0.25) is 0 Å². The summed E-state index contributed by atoms with van der Waals surface area (Å²) in [6.07, 6.45) is 5.39. The van der Waals surface area contributed by atoms with Crippen molar-refractivity contribution in [2.45, 2.75) is 12.8 Å². The smallest absolute Gasteiger partial charge is 0.259 e. The molecule has 4 heteroatoms. The highest BCUT2D eigenvalue weighted by Gasteiger charge is 2.25. The van der Waals surface area contributed by atoms with Crippen LogP contribution in [0.4, 0.5) is 0 Å². The van der Waals surface area contributed by atoms with E-state index in [4.69, 9.17) is 0 Å². The summed E-state index contributed by atoms with van der Waals surface area (Å²) in [6, 6.07) is 1.37. The second kappa shape index (κ2) is 3.88. The molecule has 1 heterocycles. The minimum Gasteiger partial charge on any atom is -0.367 e. The molecule has 1 fully saturated rings. The van der Waals surface area contributed by atoms with Crippen LogP contribution in [0.5, 0.6) is 0 Å². The van der Waals surface area contributed by atoms with Crippen LogP contribution in [0.25, 0.3) is 0 Å². The number of hydrogen-bond acceptors (Lipinski definition) is 2. The molecule has 1 N–H and O–H groups in total. The number of amides is 1. The van der Waals surface area contributed by atoms with E-state index in [1.165, 1.54) is 31.3 Å². The first-order valence-electron chi connectivity index (χ1n) is 5.11. The molecule has 1 amide bonds. The van der Waals surface area contributed by atoms with Crippen molar-refractivity contribution in [1.82, 2.24) is 9.88 Å². The van der Waals surface area contributed by atoms with Gasteiger partial charge in [0.25, 0.3) is 5.91 Å². The Kier molecular flexibility index (Phi) is 2.58. The lowest BCUT2D eigenvalue weighted by atomic mass is 10.2. The molecule has 80 valence electrons. The minimum atomic E-state index is -0.221. The number of carbonyl (C=O) groups is 1. The molecule has 0 unspecified atom stereocenters. The molecule has 0 spiro atoms. The maximum atomic E-state index is 11.8. The van der Waals surface area contributed by atoms with E-state index in [2.05, 4.69) is 4.98 Å². The Bertz CT molecular complexity index is 421. The van der Waals surface area contributed by atoms with Crippen molar-refractivity contribution in [3.63, 3.8) is 0 Å². The van der Waals surface area contributed by atoms with E-state index >= 15 is 0 Å². The third kappa shape index (κ3) is 2.26. The van der Waals surface area contributed by atoms with Crippen LogP contribution in [0.1, 0.15) is 23.2 Å². The van der Waals surface area contributed by atoms with Gasteiger partial charge in [-0.2, -0.15) is 0 Å². The van der Waals surface area contributed by atoms with Crippen LogP contribution in [0.15, 0.2) is 23.3 Å². The Morgan fingerprint density at radius 2 is 2.33 bits per heavy atom. The highest BCUT2D eigenvalue weighted by atomic mass is 16.2. The first kappa shape index (κ1) is 9.96. The van der Waals surface area contributed by atoms with Gasteiger partial charge in [-0.25, -0.2) is 0 Å². The number of nitrogens with one attached hydrogen (secondary N) is 1. The molecule has 0 aromatic carbocycles. The summed E-state index contributed by atoms with van der Waals surface area (Å²) >= 11 is 0. The predicted octanol–water partition coefficient (Wildman–Crippen LogP) is 0.857. The summed E-state index contributed by atoms with van der Waals surface area (Å²) in [5.74, 6) is 0.450. The third-order valence-electron chi connectivity index (χ3n) is 2.63. The molecule has 0 saturated heterocycles. The molecular formula is C11H14N2O2. The van der Waals surface area contributed by atoms with E-state index in [0.29, 0.717) is 5.92 Å². The van der Waals surface area contributed by atoms with Crippen molar-refractivity contribution in [1.29, 1.82) is 0 Å². The molecule has 1 aromatic heterocycles. The third-order valence-corrected chi connectivity index (χ3v) is 2.63. The largest absolute Gasteiger partial charge is 0.367 e. The fourth-order valence-electron chi connectivity index (χ4n) is 1.56. The van der Waals surface area contributed by atoms with Crippen molar-refractivity contribution >= 4 is 5.91 Å². The van der Waals surface area contributed by atoms with Crippen molar-refractivity contribution < 1.29 is 4.79 Å². The molecule has 0 bridgehead atoms. The number of aromatic amines is 1. The highest BCUT2D eigenvalue weighted by Crippen LogP contribution is 2.29. The fourth-order valence-corrected chi connectivity index (χ4v) is 1.56. The van der Waals surface area contributed by atoms with E-state index in [-0.39, 0.29) is 16.9 Å². The number of hydrogen-bond donors (Lipinski definition) is 1. The molecule has 0 aliphatic heterocycles. The number of carbonyl (C=O) groups excluding carboxylic acids is 1. The number of nitrogens with zero attached hydrogens (tertiary/aromatic N) is 1. The summed E-state index contributed by atoms with van der Waals surface area (Å²) in [5.41, 5.74) is 0.00190. The summed E-state index contributed by atoms with van der Waals surface area (Å²) in [6.45, 7) is 0.757. The molecule has 15 heavy (non-hydrogen) atoms. The zero-order chi connectivity index (χ0) is 10.8. The van der Waals surface area contributed by atoms with Crippen LogP contribution in [-0.2, 0) is 0 Å². The van der Waals surface area contributed by atoms with Crippen molar-refractivity contribution in [3.8, 4) is 0 Å². The first-order chi connectivity index (χ1) is 7.18. The Balaban J connectivity index is 2.12. The Morgan fingerprint density at radius 3 is 2.93 bits per heavy atom. The van der Waals surface area contributed by atoms with E-state index in [0.717, 1.165) is 6.54 Å². The molecular weight excluding hydrogens is 192 g/mol. The van der Waals surface area contributed by atoms with Gasteiger partial charge in [-0.3, -0.25) is 9.59 Å². The first-order valence-corrected chi connectivity index (χ1v) is 5.11. The average molecular weight is 206 g/mol. The van der Waals surface area contributed by atoms with E-state index in [1.807, 2.05) is 0 Å². The maximum Gasteiger partial charge on any atom is 0.259 e. The predicted molar refractivity (Wildman–Crippen MR) is 56.7 cm³/mol. The molecule has 1 aliphatic rings. The maximum absolute atomic E-state index is 11.8. The SMILES string of the molecule is CN(CC1CC1)C(=O)c1c[nH]ccc1=O. The lowest BCUT2D eigenvalue weighted by Crippen LogP contribution is -2.32. The molecule has 4 nitrogen and oxygen atoms in total. The summed E-state index contributed by atoms with van der Waals surface area (Å²) in [5, 5.41) is 0. The summed E-state index contributed by atoms with van der Waals surface area (Å²) in [7, 11) is 1.74. The van der Waals surface area contributed by atoms with E-state index < -0.39 is 0 Å². The van der Waals surface area contributed by atoms with Crippen LogP contribution in [-0.4, -0.2) is 29.4 Å². The molecule has 0 radical (unpaired) electrons. The Labute approximate surface area is 87.9 Å². The zero-order valence-electron chi connectivity index (χ0n) is 8.69. The van der Waals surface area contributed by atoms with Gasteiger partial charge in [-0.15, -0.1) is 0 Å². The van der Waals surface area contributed by atoms with Gasteiger partial charge in [0, 0.05) is 32.1 Å². The summed E-state index contributed by atoms with van der Waals surface area (Å²) < 4.78 is 0. The van der Waals surface area contributed by atoms with Crippen LogP contribution in [0, 0.1) is 5.92 Å². The zero-order valence-corrected chi connectivity index (χ0v) is 8.69. The fraction of sp³-hybridized carbons (Fsp3) is 0.455. The number of aromatic nitrogens is 1. The van der Waals surface area contributed by atoms with Crippen LogP contribution >= 0.6 is 0 Å². The highest BCUT2D eigenvalue weighted by molar-refractivity contribution is 5.93. The number of H-pyrrole nitrogens is 1. The van der Waals surface area contributed by atoms with Crippen LogP contribution in [0.3, 0.4) is 0 Å². The molecule has 1 saturated carbocycles. The molecule has 0 atom stereocenters. The molecule has 2 rings (SSSR count). The topological polar surface area (TPSA) is 53.2 Å². The van der Waals surface area contributed by atoms with Gasteiger partial charge in [0.1, 0.15) is 5.56 Å². The standard InChI is InChI=1S/C11H14N2O2/c1-13(7-8-2-3-8)11(15)9-6-12-5-4-10(9)14/h4-6,8H,2-3,7H2,1H3,(H,12,14). The Morgan fingerprint density at radius 1 is 1.60 bits per heavy atom. The van der Waals surface area contributed by atoms with Crippen molar-refractivity contribution in [2.24, 2.45) is 5.92 Å². The van der Waals surface area contributed by atoms with Crippen molar-refractivity contribution in [2.75, 3.05) is 13.6 Å². The van der Waals surface area contributed by atoms with Crippen LogP contribution < -0.4 is 5.43 Å². The number of rotatable bonds is 3. The lowest BCUT2D eigenvalue weighted by Gasteiger charge is -2.15. The Hall–Kier alpha value is -1.58. The van der Waals surface area contributed by atoms with Gasteiger partial charge in [-0.1, -0.05) is 0 Å².